The van der Waals surface area contributed by atoms with E-state index in [9.17, 15) is 14.7 Å². The Morgan fingerprint density at radius 1 is 1.00 bits per heavy atom. The molecule has 0 aromatic heterocycles. The molecule has 160 valence electrons. The molecule has 2 aliphatic rings. The van der Waals surface area contributed by atoms with Crippen LogP contribution in [0.4, 0.5) is 5.69 Å². The summed E-state index contributed by atoms with van der Waals surface area (Å²) < 4.78 is 5.44. The lowest BCUT2D eigenvalue weighted by molar-refractivity contribution is -0.110. The Balaban J connectivity index is 1.39. The molecular formula is C27H23NO4. The molecule has 3 aromatic carbocycles. The number of hydrogen-bond acceptors (Lipinski definition) is 4. The van der Waals surface area contributed by atoms with Crippen molar-refractivity contribution in [3.05, 3.63) is 107 Å². The molecule has 0 bridgehead atoms. The van der Waals surface area contributed by atoms with Crippen molar-refractivity contribution in [3.8, 4) is 0 Å². The summed E-state index contributed by atoms with van der Waals surface area (Å²) in [4.78, 5) is 25.3. The number of carbonyl (C=O) groups excluding carboxylic acids is 2. The number of aliphatic hydroxyl groups excluding tert-OH is 1. The van der Waals surface area contributed by atoms with Gasteiger partial charge in [0, 0.05) is 22.7 Å². The molecule has 1 aliphatic heterocycles. The van der Waals surface area contributed by atoms with Gasteiger partial charge in [0.1, 0.15) is 6.61 Å². The molecule has 2 unspecified atom stereocenters. The first-order chi connectivity index (χ1) is 15.6. The number of esters is 1. The van der Waals surface area contributed by atoms with Crippen LogP contribution in [0.25, 0.3) is 5.57 Å². The van der Waals surface area contributed by atoms with Crippen molar-refractivity contribution in [2.45, 2.75) is 25.6 Å². The van der Waals surface area contributed by atoms with Crippen LogP contribution in [0, 0.1) is 5.92 Å². The fourth-order valence-corrected chi connectivity index (χ4v) is 4.39. The largest absolute Gasteiger partial charge is 0.457 e. The maximum Gasteiger partial charge on any atom is 0.338 e. The van der Waals surface area contributed by atoms with Gasteiger partial charge in [-0.25, -0.2) is 4.79 Å². The van der Waals surface area contributed by atoms with E-state index in [0.29, 0.717) is 35.2 Å². The molecule has 0 saturated carbocycles. The van der Waals surface area contributed by atoms with Gasteiger partial charge in [-0.05, 0) is 47.7 Å². The summed E-state index contributed by atoms with van der Waals surface area (Å²) in [7, 11) is 0. The van der Waals surface area contributed by atoms with Gasteiger partial charge in [0.15, 0.2) is 0 Å². The van der Waals surface area contributed by atoms with Crippen LogP contribution in [0.1, 0.15) is 32.6 Å². The minimum Gasteiger partial charge on any atom is -0.457 e. The van der Waals surface area contributed by atoms with Gasteiger partial charge in [0.05, 0.1) is 11.7 Å². The quantitative estimate of drug-likeness (QED) is 0.486. The maximum absolute atomic E-state index is 12.7. The van der Waals surface area contributed by atoms with Gasteiger partial charge < -0.3 is 15.2 Å². The molecule has 1 amide bonds. The lowest BCUT2D eigenvalue weighted by Crippen LogP contribution is -2.29. The van der Waals surface area contributed by atoms with Crippen molar-refractivity contribution < 1.29 is 19.4 Å². The van der Waals surface area contributed by atoms with Crippen LogP contribution in [0.3, 0.4) is 0 Å². The molecule has 1 heterocycles. The molecular weight excluding hydrogens is 402 g/mol. The predicted molar refractivity (Wildman–Crippen MR) is 122 cm³/mol. The third kappa shape index (κ3) is 3.95. The molecule has 2 atom stereocenters. The summed E-state index contributed by atoms with van der Waals surface area (Å²) in [5, 5.41) is 13.5. The van der Waals surface area contributed by atoms with E-state index in [1.807, 2.05) is 54.6 Å². The minimum absolute atomic E-state index is 0.176. The number of amides is 1. The van der Waals surface area contributed by atoms with Crippen LogP contribution in [-0.4, -0.2) is 23.1 Å². The molecule has 5 rings (SSSR count). The van der Waals surface area contributed by atoms with E-state index in [2.05, 4.69) is 11.4 Å². The molecule has 0 saturated heterocycles. The van der Waals surface area contributed by atoms with Crippen molar-refractivity contribution >= 4 is 23.1 Å². The van der Waals surface area contributed by atoms with E-state index in [1.165, 1.54) is 5.56 Å². The van der Waals surface area contributed by atoms with Crippen molar-refractivity contribution in [2.24, 2.45) is 5.92 Å². The van der Waals surface area contributed by atoms with Crippen molar-refractivity contribution in [2.75, 3.05) is 5.32 Å². The van der Waals surface area contributed by atoms with Crippen LogP contribution in [-0.2, 0) is 29.0 Å². The maximum atomic E-state index is 12.7. The highest BCUT2D eigenvalue weighted by molar-refractivity contribution is 6.31. The summed E-state index contributed by atoms with van der Waals surface area (Å²) in [6, 6.07) is 22.6. The number of hydrogen-bond donors (Lipinski definition) is 2. The summed E-state index contributed by atoms with van der Waals surface area (Å²) in [5.74, 6) is -0.840. The predicted octanol–water partition coefficient (Wildman–Crippen LogP) is 4.16. The van der Waals surface area contributed by atoms with Crippen LogP contribution >= 0.6 is 0 Å². The molecule has 0 fully saturated rings. The van der Waals surface area contributed by atoms with E-state index in [0.717, 1.165) is 11.1 Å². The number of fused-ring (bicyclic) bond motifs is 2. The highest BCUT2D eigenvalue weighted by Gasteiger charge is 2.30. The van der Waals surface area contributed by atoms with E-state index >= 15 is 0 Å². The Kier molecular flexibility index (Phi) is 5.33. The first kappa shape index (κ1) is 20.2. The molecule has 0 radical (unpaired) electrons. The zero-order chi connectivity index (χ0) is 22.1. The van der Waals surface area contributed by atoms with Crippen LogP contribution in [0.2, 0.25) is 0 Å². The number of benzene rings is 3. The first-order valence-electron chi connectivity index (χ1n) is 10.7. The first-order valence-corrected chi connectivity index (χ1v) is 10.7. The summed E-state index contributed by atoms with van der Waals surface area (Å²) in [6.07, 6.45) is 2.52. The van der Waals surface area contributed by atoms with E-state index in [4.69, 9.17) is 4.74 Å². The Bertz CT molecular complexity index is 1220. The molecule has 5 nitrogen and oxygen atoms in total. The number of anilines is 1. The number of rotatable bonds is 4. The van der Waals surface area contributed by atoms with Gasteiger partial charge in [-0.2, -0.15) is 0 Å². The van der Waals surface area contributed by atoms with Gasteiger partial charge in [-0.3, -0.25) is 4.79 Å². The smallest absolute Gasteiger partial charge is 0.338 e. The zero-order valence-corrected chi connectivity index (χ0v) is 17.5. The highest BCUT2D eigenvalue weighted by atomic mass is 16.5. The number of aliphatic hydroxyl groups is 1. The number of carbonyl (C=O) groups is 2. The SMILES string of the molecule is O=C1Nc2ccc(C(=O)OCc3ccccc3)cc2C1=CC1Cc2ccccc2CC1O. The van der Waals surface area contributed by atoms with Crippen molar-refractivity contribution in [1.29, 1.82) is 0 Å². The Hall–Kier alpha value is -3.70. The van der Waals surface area contributed by atoms with Crippen LogP contribution in [0.15, 0.2) is 78.9 Å². The summed E-state index contributed by atoms with van der Waals surface area (Å²) >= 11 is 0. The fourth-order valence-electron chi connectivity index (χ4n) is 4.39. The Labute approximate surface area is 186 Å². The standard InChI is InChI=1S/C27H23NO4/c29-25-15-19-9-5-4-8-18(19)12-21(25)14-23-22-13-20(10-11-24(22)28-26(23)30)27(31)32-16-17-6-2-1-3-7-17/h1-11,13-14,21,25,29H,12,15-16H2,(H,28,30). The van der Waals surface area contributed by atoms with E-state index in [1.54, 1.807) is 18.2 Å². The topological polar surface area (TPSA) is 75.6 Å². The number of ether oxygens (including phenoxy) is 1. The van der Waals surface area contributed by atoms with Gasteiger partial charge in [0.2, 0.25) is 0 Å². The third-order valence-corrected chi connectivity index (χ3v) is 6.13. The molecule has 3 aromatic rings. The summed E-state index contributed by atoms with van der Waals surface area (Å²) in [5.41, 5.74) is 5.44. The second-order valence-corrected chi connectivity index (χ2v) is 8.26. The Morgan fingerprint density at radius 3 is 2.50 bits per heavy atom. The van der Waals surface area contributed by atoms with E-state index in [-0.39, 0.29) is 18.4 Å². The van der Waals surface area contributed by atoms with Crippen molar-refractivity contribution in [1.82, 2.24) is 0 Å². The average Bonchev–Trinajstić information content (AvgIpc) is 3.12. The molecule has 32 heavy (non-hydrogen) atoms. The third-order valence-electron chi connectivity index (χ3n) is 6.13. The molecule has 0 spiro atoms. The molecule has 1 aliphatic carbocycles. The van der Waals surface area contributed by atoms with E-state index < -0.39 is 12.1 Å². The molecule has 5 heteroatoms. The van der Waals surface area contributed by atoms with Gasteiger partial charge >= 0.3 is 5.97 Å². The van der Waals surface area contributed by atoms with Crippen molar-refractivity contribution in [3.63, 3.8) is 0 Å². The minimum atomic E-state index is -0.562. The highest BCUT2D eigenvalue weighted by Crippen LogP contribution is 2.36. The normalized spacial score (nSPS) is 20.4. The van der Waals surface area contributed by atoms with Gasteiger partial charge in [-0.15, -0.1) is 0 Å². The zero-order valence-electron chi connectivity index (χ0n) is 17.5. The fraction of sp³-hybridized carbons (Fsp3) is 0.185. The second kappa shape index (κ2) is 8.44. The average molecular weight is 425 g/mol. The van der Waals surface area contributed by atoms with Gasteiger partial charge in [-0.1, -0.05) is 60.7 Å². The second-order valence-electron chi connectivity index (χ2n) is 8.26. The van der Waals surface area contributed by atoms with Gasteiger partial charge in [0.25, 0.3) is 5.91 Å². The number of nitrogens with one attached hydrogen (secondary N) is 1. The summed E-state index contributed by atoms with van der Waals surface area (Å²) in [6.45, 7) is 0.185. The van der Waals surface area contributed by atoms with Crippen LogP contribution in [0.5, 0.6) is 0 Å². The molecule has 2 N–H and O–H groups in total. The monoisotopic (exact) mass is 425 g/mol. The van der Waals surface area contributed by atoms with Crippen LogP contribution < -0.4 is 5.32 Å². The lowest BCUT2D eigenvalue weighted by Gasteiger charge is -2.28. The lowest BCUT2D eigenvalue weighted by atomic mass is 9.80. The Morgan fingerprint density at radius 2 is 1.72 bits per heavy atom.